The van der Waals surface area contributed by atoms with Gasteiger partial charge in [-0.2, -0.15) is 5.26 Å². The van der Waals surface area contributed by atoms with Gasteiger partial charge in [-0.05, 0) is 49.9 Å². The Kier molecular flexibility index (Phi) is 2.87. The average Bonchev–Trinajstić information content (AvgIpc) is 2.84. The van der Waals surface area contributed by atoms with Crippen LogP contribution < -0.4 is 0 Å². The van der Waals surface area contributed by atoms with Gasteiger partial charge in [-0.25, -0.2) is 0 Å². The van der Waals surface area contributed by atoms with Crippen LogP contribution in [0.15, 0.2) is 11.6 Å². The highest BCUT2D eigenvalue weighted by molar-refractivity contribution is 5.10. The van der Waals surface area contributed by atoms with Crippen LogP contribution in [0, 0.1) is 28.6 Å². The third kappa shape index (κ3) is 2.62. The fourth-order valence-electron chi connectivity index (χ4n) is 2.66. The van der Waals surface area contributed by atoms with Crippen LogP contribution in [0.25, 0.3) is 0 Å². The fourth-order valence-corrected chi connectivity index (χ4v) is 2.66. The minimum atomic E-state index is 0.297. The molecule has 2 unspecified atom stereocenters. The predicted molar refractivity (Wildman–Crippen MR) is 62.2 cm³/mol. The first-order valence-electron chi connectivity index (χ1n) is 6.19. The molecule has 1 heteroatoms. The Bertz CT molecular complexity index is 306. The maximum atomic E-state index is 8.79. The molecule has 0 bridgehead atoms. The summed E-state index contributed by atoms with van der Waals surface area (Å²) < 4.78 is 0. The number of allylic oxidation sites excluding steroid dienone is 2. The largest absolute Gasteiger partial charge is 0.198 e. The summed E-state index contributed by atoms with van der Waals surface area (Å²) in [5.41, 5.74) is 2.24. The number of nitriles is 1. The van der Waals surface area contributed by atoms with Crippen molar-refractivity contribution in [2.24, 2.45) is 17.3 Å². The van der Waals surface area contributed by atoms with E-state index in [2.05, 4.69) is 26.0 Å². The highest BCUT2D eigenvalue weighted by Crippen LogP contribution is 2.54. The van der Waals surface area contributed by atoms with Crippen molar-refractivity contribution in [1.29, 1.82) is 5.26 Å². The van der Waals surface area contributed by atoms with Crippen LogP contribution in [0.4, 0.5) is 0 Å². The van der Waals surface area contributed by atoms with Gasteiger partial charge in [0.25, 0.3) is 0 Å². The number of hydrogen-bond acceptors (Lipinski definition) is 1. The monoisotopic (exact) mass is 203 g/mol. The second kappa shape index (κ2) is 4.00. The van der Waals surface area contributed by atoms with Gasteiger partial charge >= 0.3 is 0 Å². The van der Waals surface area contributed by atoms with Crippen molar-refractivity contribution in [2.75, 3.05) is 0 Å². The zero-order chi connectivity index (χ0) is 10.9. The standard InChI is InChI=1S/C14H21N/c1-14(2)9-13(14)8-7-11-3-5-12(10-15)6-4-11/h3,12-13H,4-9H2,1-2H3. The van der Waals surface area contributed by atoms with Gasteiger partial charge in [0.2, 0.25) is 0 Å². The molecule has 1 nitrogen and oxygen atoms in total. The summed E-state index contributed by atoms with van der Waals surface area (Å²) >= 11 is 0. The van der Waals surface area contributed by atoms with E-state index in [1.165, 1.54) is 25.7 Å². The van der Waals surface area contributed by atoms with Crippen molar-refractivity contribution in [1.82, 2.24) is 0 Å². The Morgan fingerprint density at radius 1 is 1.53 bits per heavy atom. The quantitative estimate of drug-likeness (QED) is 0.634. The van der Waals surface area contributed by atoms with E-state index in [0.29, 0.717) is 11.3 Å². The van der Waals surface area contributed by atoms with Crippen LogP contribution in [0.2, 0.25) is 0 Å². The third-order valence-corrected chi connectivity index (χ3v) is 4.22. The molecule has 0 heterocycles. The summed E-state index contributed by atoms with van der Waals surface area (Å²) in [4.78, 5) is 0. The van der Waals surface area contributed by atoms with Gasteiger partial charge in [-0.1, -0.05) is 25.5 Å². The van der Waals surface area contributed by atoms with Crippen LogP contribution in [-0.4, -0.2) is 0 Å². The molecule has 0 spiro atoms. The molecule has 2 atom stereocenters. The zero-order valence-corrected chi connectivity index (χ0v) is 9.92. The summed E-state index contributed by atoms with van der Waals surface area (Å²) in [6.45, 7) is 4.75. The molecule has 82 valence electrons. The molecular formula is C14H21N. The summed E-state index contributed by atoms with van der Waals surface area (Å²) in [7, 11) is 0. The first-order valence-corrected chi connectivity index (χ1v) is 6.19. The van der Waals surface area contributed by atoms with Crippen LogP contribution in [0.3, 0.4) is 0 Å². The van der Waals surface area contributed by atoms with E-state index in [0.717, 1.165) is 18.8 Å². The highest BCUT2D eigenvalue weighted by atomic mass is 14.5. The van der Waals surface area contributed by atoms with Gasteiger partial charge in [-0.15, -0.1) is 0 Å². The van der Waals surface area contributed by atoms with Crippen molar-refractivity contribution in [3.05, 3.63) is 11.6 Å². The minimum absolute atomic E-state index is 0.297. The Morgan fingerprint density at radius 2 is 2.27 bits per heavy atom. The van der Waals surface area contributed by atoms with Gasteiger partial charge in [-0.3, -0.25) is 0 Å². The molecule has 1 fully saturated rings. The normalized spacial score (nSPS) is 33.0. The molecule has 0 aliphatic heterocycles. The van der Waals surface area contributed by atoms with E-state index >= 15 is 0 Å². The van der Waals surface area contributed by atoms with Crippen LogP contribution >= 0.6 is 0 Å². The molecule has 2 rings (SSSR count). The van der Waals surface area contributed by atoms with Gasteiger partial charge in [0.05, 0.1) is 12.0 Å². The van der Waals surface area contributed by atoms with Crippen molar-refractivity contribution >= 4 is 0 Å². The molecule has 0 radical (unpaired) electrons. The van der Waals surface area contributed by atoms with Crippen LogP contribution in [-0.2, 0) is 0 Å². The second-order valence-corrected chi connectivity index (χ2v) is 5.89. The first kappa shape index (κ1) is 10.7. The number of nitrogens with zero attached hydrogens (tertiary/aromatic N) is 1. The van der Waals surface area contributed by atoms with Crippen molar-refractivity contribution in [2.45, 2.75) is 52.4 Å². The lowest BCUT2D eigenvalue weighted by atomic mass is 9.88. The van der Waals surface area contributed by atoms with Crippen molar-refractivity contribution in [3.8, 4) is 6.07 Å². The van der Waals surface area contributed by atoms with E-state index in [1.54, 1.807) is 5.57 Å². The Labute approximate surface area is 93.2 Å². The van der Waals surface area contributed by atoms with E-state index in [1.807, 2.05) is 0 Å². The second-order valence-electron chi connectivity index (χ2n) is 5.89. The van der Waals surface area contributed by atoms with Gasteiger partial charge in [0.1, 0.15) is 0 Å². The van der Waals surface area contributed by atoms with Crippen LogP contribution in [0.1, 0.15) is 52.4 Å². The van der Waals surface area contributed by atoms with Gasteiger partial charge < -0.3 is 0 Å². The van der Waals surface area contributed by atoms with Gasteiger partial charge in [0.15, 0.2) is 0 Å². The van der Waals surface area contributed by atoms with Crippen LogP contribution in [0.5, 0.6) is 0 Å². The van der Waals surface area contributed by atoms with Crippen molar-refractivity contribution < 1.29 is 0 Å². The van der Waals surface area contributed by atoms with E-state index < -0.39 is 0 Å². The third-order valence-electron chi connectivity index (χ3n) is 4.22. The van der Waals surface area contributed by atoms with E-state index in [9.17, 15) is 0 Å². The number of hydrogen-bond donors (Lipinski definition) is 0. The smallest absolute Gasteiger partial charge is 0.0659 e. The zero-order valence-electron chi connectivity index (χ0n) is 9.92. The van der Waals surface area contributed by atoms with E-state index in [4.69, 9.17) is 5.26 Å². The summed E-state index contributed by atoms with van der Waals surface area (Å²) in [5, 5.41) is 8.79. The lowest BCUT2D eigenvalue weighted by molar-refractivity contribution is 0.513. The maximum absolute atomic E-state index is 8.79. The summed E-state index contributed by atoms with van der Waals surface area (Å²) in [5.74, 6) is 1.26. The minimum Gasteiger partial charge on any atom is -0.198 e. The molecule has 2 aliphatic rings. The van der Waals surface area contributed by atoms with Gasteiger partial charge in [0, 0.05) is 0 Å². The number of rotatable bonds is 3. The molecule has 0 aromatic rings. The topological polar surface area (TPSA) is 23.8 Å². The molecule has 0 amide bonds. The molecule has 0 aromatic heterocycles. The molecule has 0 aromatic carbocycles. The Hall–Kier alpha value is -0.770. The Morgan fingerprint density at radius 3 is 2.73 bits per heavy atom. The summed E-state index contributed by atoms with van der Waals surface area (Å²) in [6.07, 6.45) is 9.66. The highest BCUT2D eigenvalue weighted by Gasteiger charge is 2.44. The first-order chi connectivity index (χ1) is 7.12. The maximum Gasteiger partial charge on any atom is 0.0659 e. The molecule has 15 heavy (non-hydrogen) atoms. The fraction of sp³-hybridized carbons (Fsp3) is 0.786. The lowest BCUT2D eigenvalue weighted by Gasteiger charge is -2.16. The average molecular weight is 203 g/mol. The Balaban J connectivity index is 1.73. The molecule has 0 N–H and O–H groups in total. The summed E-state index contributed by atoms with van der Waals surface area (Å²) in [6, 6.07) is 2.37. The molecule has 0 saturated heterocycles. The lowest BCUT2D eigenvalue weighted by Crippen LogP contribution is -2.03. The van der Waals surface area contributed by atoms with E-state index in [-0.39, 0.29) is 0 Å². The molecule has 1 saturated carbocycles. The molecule has 2 aliphatic carbocycles. The SMILES string of the molecule is CC1(C)CC1CCC1=CCC(C#N)CC1. The molecular weight excluding hydrogens is 182 g/mol. The van der Waals surface area contributed by atoms with Crippen molar-refractivity contribution in [3.63, 3.8) is 0 Å². The predicted octanol–water partition coefficient (Wildman–Crippen LogP) is 4.06.